The van der Waals surface area contributed by atoms with E-state index >= 15 is 0 Å². The van der Waals surface area contributed by atoms with Gasteiger partial charge in [0.15, 0.2) is 0 Å². The van der Waals surface area contributed by atoms with Crippen molar-refractivity contribution in [2.75, 3.05) is 49.5 Å². The Morgan fingerprint density at radius 1 is 1.15 bits per heavy atom. The minimum Gasteiger partial charge on any atom is -0.370 e. The van der Waals surface area contributed by atoms with Crippen LogP contribution in [0.5, 0.6) is 0 Å². The number of pyridine rings is 1. The van der Waals surface area contributed by atoms with Crippen molar-refractivity contribution in [3.8, 4) is 0 Å². The predicted octanol–water partition coefficient (Wildman–Crippen LogP) is 2.75. The number of nitro groups is 1. The highest BCUT2D eigenvalue weighted by atomic mass is 19.1. The molecule has 2 heterocycles. The van der Waals surface area contributed by atoms with E-state index in [4.69, 9.17) is 0 Å². The van der Waals surface area contributed by atoms with Crippen LogP contribution in [0.1, 0.15) is 6.42 Å². The molecule has 1 aromatic heterocycles. The van der Waals surface area contributed by atoms with Crippen molar-refractivity contribution < 1.29 is 9.31 Å². The van der Waals surface area contributed by atoms with Crippen LogP contribution in [-0.2, 0) is 0 Å². The predicted molar refractivity (Wildman–Crippen MR) is 99.1 cm³/mol. The van der Waals surface area contributed by atoms with E-state index in [1.807, 2.05) is 12.1 Å². The van der Waals surface area contributed by atoms with E-state index in [2.05, 4.69) is 20.1 Å². The number of aromatic nitrogens is 1. The minimum atomic E-state index is -0.461. The molecule has 8 heteroatoms. The largest absolute Gasteiger partial charge is 0.370 e. The molecule has 1 saturated heterocycles. The van der Waals surface area contributed by atoms with Crippen LogP contribution in [0.25, 0.3) is 0 Å². The number of para-hydroxylation sites is 1. The van der Waals surface area contributed by atoms with Crippen LogP contribution < -0.4 is 10.2 Å². The zero-order valence-electron chi connectivity index (χ0n) is 14.5. The van der Waals surface area contributed by atoms with Crippen molar-refractivity contribution in [2.45, 2.75) is 6.42 Å². The van der Waals surface area contributed by atoms with Crippen molar-refractivity contribution in [1.82, 2.24) is 9.88 Å². The highest BCUT2D eigenvalue weighted by Crippen LogP contribution is 2.20. The lowest BCUT2D eigenvalue weighted by Crippen LogP contribution is -2.47. The van der Waals surface area contributed by atoms with Crippen LogP contribution in [0.4, 0.5) is 21.6 Å². The number of halogens is 1. The summed E-state index contributed by atoms with van der Waals surface area (Å²) < 4.78 is 13.8. The van der Waals surface area contributed by atoms with Gasteiger partial charge in [-0.2, -0.15) is 0 Å². The molecule has 2 aromatic rings. The Hall–Kier alpha value is -2.74. The Morgan fingerprint density at radius 2 is 1.92 bits per heavy atom. The quantitative estimate of drug-likeness (QED) is 0.465. The van der Waals surface area contributed by atoms with Gasteiger partial charge in [-0.3, -0.25) is 15.0 Å². The van der Waals surface area contributed by atoms with Crippen LogP contribution in [-0.4, -0.2) is 54.1 Å². The fourth-order valence-electron chi connectivity index (χ4n) is 3.04. The molecule has 1 aromatic carbocycles. The monoisotopic (exact) mass is 359 g/mol. The van der Waals surface area contributed by atoms with Gasteiger partial charge >= 0.3 is 0 Å². The molecule has 0 radical (unpaired) electrons. The number of rotatable bonds is 7. The van der Waals surface area contributed by atoms with Gasteiger partial charge in [0.1, 0.15) is 17.8 Å². The number of hydrogen-bond donors (Lipinski definition) is 1. The SMILES string of the molecule is O=[N+]([O-])c1ccc(NCCCN2CCN(c3ccccc3F)CC2)nc1. The molecule has 7 nitrogen and oxygen atoms in total. The number of anilines is 2. The molecule has 0 amide bonds. The normalized spacial score (nSPS) is 15.0. The van der Waals surface area contributed by atoms with Crippen LogP contribution in [0.2, 0.25) is 0 Å². The number of hydrogen-bond acceptors (Lipinski definition) is 6. The van der Waals surface area contributed by atoms with Gasteiger partial charge in [0, 0.05) is 38.8 Å². The molecule has 0 spiro atoms. The summed E-state index contributed by atoms with van der Waals surface area (Å²) >= 11 is 0. The van der Waals surface area contributed by atoms with Crippen LogP contribution in [0, 0.1) is 15.9 Å². The topological polar surface area (TPSA) is 74.5 Å². The summed E-state index contributed by atoms with van der Waals surface area (Å²) in [6.07, 6.45) is 2.20. The van der Waals surface area contributed by atoms with Gasteiger partial charge in [-0.25, -0.2) is 9.37 Å². The summed E-state index contributed by atoms with van der Waals surface area (Å²) in [5, 5.41) is 13.8. The standard InChI is InChI=1S/C18H22FN5O2/c19-16-4-1-2-5-17(16)23-12-10-22(11-13-23)9-3-8-20-18-7-6-15(14-21-18)24(25)26/h1-2,4-7,14H,3,8-13H2,(H,20,21). The summed E-state index contributed by atoms with van der Waals surface area (Å²) in [7, 11) is 0. The average Bonchev–Trinajstić information content (AvgIpc) is 2.67. The first-order valence-corrected chi connectivity index (χ1v) is 8.69. The summed E-state index contributed by atoms with van der Waals surface area (Å²) in [4.78, 5) is 18.6. The molecule has 1 fully saturated rings. The maximum Gasteiger partial charge on any atom is 0.287 e. The summed E-state index contributed by atoms with van der Waals surface area (Å²) in [6.45, 7) is 5.15. The van der Waals surface area contributed by atoms with Gasteiger partial charge in [-0.05, 0) is 31.2 Å². The van der Waals surface area contributed by atoms with E-state index in [1.165, 1.54) is 18.3 Å². The molecule has 1 aliphatic heterocycles. The fourth-order valence-corrected chi connectivity index (χ4v) is 3.04. The Morgan fingerprint density at radius 3 is 2.58 bits per heavy atom. The summed E-state index contributed by atoms with van der Waals surface area (Å²) in [5.41, 5.74) is 0.668. The maximum absolute atomic E-state index is 13.8. The van der Waals surface area contributed by atoms with Crippen LogP contribution >= 0.6 is 0 Å². The number of piperazine rings is 1. The number of nitrogens with zero attached hydrogens (tertiary/aromatic N) is 4. The smallest absolute Gasteiger partial charge is 0.287 e. The number of nitrogens with one attached hydrogen (secondary N) is 1. The molecule has 3 rings (SSSR count). The lowest BCUT2D eigenvalue weighted by molar-refractivity contribution is -0.385. The van der Waals surface area contributed by atoms with Crippen molar-refractivity contribution in [3.63, 3.8) is 0 Å². The van der Waals surface area contributed by atoms with E-state index in [1.54, 1.807) is 12.1 Å². The lowest BCUT2D eigenvalue weighted by atomic mass is 10.2. The first-order chi connectivity index (χ1) is 12.6. The number of benzene rings is 1. The van der Waals surface area contributed by atoms with Gasteiger partial charge in [0.25, 0.3) is 5.69 Å². The molecule has 1 aliphatic rings. The van der Waals surface area contributed by atoms with E-state index in [0.717, 1.165) is 45.7 Å². The minimum absolute atomic E-state index is 0.0109. The van der Waals surface area contributed by atoms with Gasteiger partial charge in [-0.1, -0.05) is 12.1 Å². The molecule has 0 saturated carbocycles. The third-order valence-electron chi connectivity index (χ3n) is 4.48. The second-order valence-corrected chi connectivity index (χ2v) is 6.22. The second kappa shape index (κ2) is 8.57. The zero-order valence-corrected chi connectivity index (χ0v) is 14.5. The van der Waals surface area contributed by atoms with Crippen molar-refractivity contribution in [1.29, 1.82) is 0 Å². The van der Waals surface area contributed by atoms with Crippen LogP contribution in [0.3, 0.4) is 0 Å². The summed E-state index contributed by atoms with van der Waals surface area (Å²) in [5.74, 6) is 0.473. The van der Waals surface area contributed by atoms with E-state index < -0.39 is 4.92 Å². The molecule has 0 aliphatic carbocycles. The molecular weight excluding hydrogens is 337 g/mol. The zero-order chi connectivity index (χ0) is 18.4. The average molecular weight is 359 g/mol. The maximum atomic E-state index is 13.8. The summed E-state index contributed by atoms with van der Waals surface area (Å²) in [6, 6.07) is 9.96. The first kappa shape index (κ1) is 18.1. The van der Waals surface area contributed by atoms with E-state index in [-0.39, 0.29) is 11.5 Å². The third-order valence-corrected chi connectivity index (χ3v) is 4.48. The third kappa shape index (κ3) is 4.66. The van der Waals surface area contributed by atoms with Gasteiger partial charge < -0.3 is 10.2 Å². The highest BCUT2D eigenvalue weighted by Gasteiger charge is 2.18. The molecule has 26 heavy (non-hydrogen) atoms. The van der Waals surface area contributed by atoms with E-state index in [0.29, 0.717) is 11.5 Å². The Bertz CT molecular complexity index is 733. The molecule has 0 unspecified atom stereocenters. The van der Waals surface area contributed by atoms with Gasteiger partial charge in [-0.15, -0.1) is 0 Å². The first-order valence-electron chi connectivity index (χ1n) is 8.69. The Balaban J connectivity index is 1.36. The molecular formula is C18H22FN5O2. The molecule has 1 N–H and O–H groups in total. The van der Waals surface area contributed by atoms with Gasteiger partial charge in [0.05, 0.1) is 10.6 Å². The Kier molecular flexibility index (Phi) is 5.96. The lowest BCUT2D eigenvalue weighted by Gasteiger charge is -2.36. The molecule has 0 atom stereocenters. The Labute approximate surface area is 151 Å². The molecule has 0 bridgehead atoms. The van der Waals surface area contributed by atoms with Gasteiger partial charge in [0.2, 0.25) is 0 Å². The van der Waals surface area contributed by atoms with Crippen molar-refractivity contribution in [3.05, 3.63) is 58.5 Å². The van der Waals surface area contributed by atoms with Crippen molar-refractivity contribution in [2.24, 2.45) is 0 Å². The van der Waals surface area contributed by atoms with E-state index in [9.17, 15) is 14.5 Å². The van der Waals surface area contributed by atoms with Crippen molar-refractivity contribution >= 4 is 17.2 Å². The van der Waals surface area contributed by atoms with Crippen LogP contribution in [0.15, 0.2) is 42.6 Å². The molecule has 138 valence electrons. The fraction of sp³-hybridized carbons (Fsp3) is 0.389. The second-order valence-electron chi connectivity index (χ2n) is 6.22. The highest BCUT2D eigenvalue weighted by molar-refractivity contribution is 5.48.